The highest BCUT2D eigenvalue weighted by Crippen LogP contribution is 2.19. The van der Waals surface area contributed by atoms with Crippen LogP contribution in [0.3, 0.4) is 0 Å². The summed E-state index contributed by atoms with van der Waals surface area (Å²) >= 11 is 0. The Balaban J connectivity index is 1.41. The molecule has 2 aliphatic rings. The Morgan fingerprint density at radius 3 is 2.76 bits per heavy atom. The topological polar surface area (TPSA) is 82.4 Å². The Labute approximate surface area is 145 Å². The Hall–Kier alpha value is -2.41. The molecule has 0 radical (unpaired) electrons. The van der Waals surface area contributed by atoms with Crippen molar-refractivity contribution in [2.45, 2.75) is 32.7 Å². The molecule has 3 heterocycles. The number of hydrogen-bond acceptors (Lipinski definition) is 5. The van der Waals surface area contributed by atoms with Crippen LogP contribution in [0, 0.1) is 6.92 Å². The molecule has 1 aliphatic heterocycles. The van der Waals surface area contributed by atoms with Gasteiger partial charge in [-0.1, -0.05) is 5.16 Å². The molecule has 7 heteroatoms. The minimum Gasteiger partial charge on any atom is -0.360 e. The molecular weight excluding hydrogens is 320 g/mol. The molecule has 7 nitrogen and oxygen atoms in total. The van der Waals surface area contributed by atoms with Crippen LogP contribution in [0.4, 0.5) is 0 Å². The number of H-pyrrole nitrogens is 1. The number of aromatic amines is 1. The van der Waals surface area contributed by atoms with Crippen molar-refractivity contribution >= 4 is 5.91 Å². The Morgan fingerprint density at radius 2 is 2.04 bits per heavy atom. The SMILES string of the molecule is Cc1cc(CN2CCN(C(=O)c3cc4c([nH]c3=O)CCC4)CC2)on1. The van der Waals surface area contributed by atoms with Gasteiger partial charge >= 0.3 is 0 Å². The summed E-state index contributed by atoms with van der Waals surface area (Å²) in [5.74, 6) is 0.679. The molecular formula is C18H22N4O3. The average molecular weight is 342 g/mol. The molecule has 1 fully saturated rings. The summed E-state index contributed by atoms with van der Waals surface area (Å²) in [6, 6.07) is 3.73. The van der Waals surface area contributed by atoms with Gasteiger partial charge in [0, 0.05) is 37.9 Å². The lowest BCUT2D eigenvalue weighted by Crippen LogP contribution is -2.49. The number of aromatic nitrogens is 2. The Morgan fingerprint density at radius 1 is 1.24 bits per heavy atom. The quantitative estimate of drug-likeness (QED) is 0.904. The lowest BCUT2D eigenvalue weighted by Gasteiger charge is -2.34. The van der Waals surface area contributed by atoms with Crippen LogP contribution in [-0.4, -0.2) is 52.0 Å². The third-order valence-corrected chi connectivity index (χ3v) is 5.03. The molecule has 1 aliphatic carbocycles. The predicted molar refractivity (Wildman–Crippen MR) is 91.5 cm³/mol. The van der Waals surface area contributed by atoms with Crippen molar-refractivity contribution in [3.63, 3.8) is 0 Å². The molecule has 2 aromatic heterocycles. The molecule has 0 saturated carbocycles. The van der Waals surface area contributed by atoms with E-state index in [2.05, 4.69) is 15.0 Å². The molecule has 2 aromatic rings. The van der Waals surface area contributed by atoms with Crippen LogP contribution in [0.5, 0.6) is 0 Å². The maximum atomic E-state index is 12.7. The number of pyridine rings is 1. The normalized spacial score (nSPS) is 17.7. The van der Waals surface area contributed by atoms with Gasteiger partial charge in [-0.3, -0.25) is 14.5 Å². The minimum absolute atomic E-state index is 0.161. The molecule has 1 N–H and O–H groups in total. The zero-order chi connectivity index (χ0) is 17.4. The zero-order valence-electron chi connectivity index (χ0n) is 14.4. The second-order valence-corrected chi connectivity index (χ2v) is 6.87. The standard InChI is InChI=1S/C18H22N4O3/c1-12-9-14(25-20-12)11-21-5-7-22(8-6-21)18(24)15-10-13-3-2-4-16(13)19-17(15)23/h9-10H,2-8,11H2,1H3,(H,19,23). The van der Waals surface area contributed by atoms with E-state index >= 15 is 0 Å². The molecule has 1 saturated heterocycles. The maximum Gasteiger partial charge on any atom is 0.261 e. The maximum absolute atomic E-state index is 12.7. The molecule has 25 heavy (non-hydrogen) atoms. The number of nitrogens with zero attached hydrogens (tertiary/aromatic N) is 3. The molecule has 0 unspecified atom stereocenters. The number of fused-ring (bicyclic) bond motifs is 1. The van der Waals surface area contributed by atoms with Gasteiger partial charge in [0.2, 0.25) is 0 Å². The number of rotatable bonds is 3. The zero-order valence-corrected chi connectivity index (χ0v) is 14.4. The van der Waals surface area contributed by atoms with Gasteiger partial charge in [-0.05, 0) is 37.8 Å². The van der Waals surface area contributed by atoms with Crippen LogP contribution in [-0.2, 0) is 19.4 Å². The van der Waals surface area contributed by atoms with Crippen LogP contribution < -0.4 is 5.56 Å². The van der Waals surface area contributed by atoms with E-state index in [9.17, 15) is 9.59 Å². The van der Waals surface area contributed by atoms with E-state index in [0.29, 0.717) is 19.6 Å². The number of nitrogens with one attached hydrogen (secondary N) is 1. The smallest absolute Gasteiger partial charge is 0.261 e. The second kappa shape index (κ2) is 6.48. The van der Waals surface area contributed by atoms with E-state index in [-0.39, 0.29) is 17.0 Å². The minimum atomic E-state index is -0.259. The first-order chi connectivity index (χ1) is 12.1. The van der Waals surface area contributed by atoms with E-state index in [1.165, 1.54) is 0 Å². The second-order valence-electron chi connectivity index (χ2n) is 6.87. The van der Waals surface area contributed by atoms with Crippen molar-refractivity contribution in [2.24, 2.45) is 0 Å². The third-order valence-electron chi connectivity index (χ3n) is 5.03. The summed E-state index contributed by atoms with van der Waals surface area (Å²) in [5, 5.41) is 3.90. The number of hydrogen-bond donors (Lipinski definition) is 1. The highest BCUT2D eigenvalue weighted by Gasteiger charge is 2.26. The molecule has 1 amide bonds. The van der Waals surface area contributed by atoms with Crippen LogP contribution in [0.2, 0.25) is 0 Å². The van der Waals surface area contributed by atoms with Crippen molar-refractivity contribution in [2.75, 3.05) is 26.2 Å². The van der Waals surface area contributed by atoms with Crippen molar-refractivity contribution < 1.29 is 9.32 Å². The molecule has 4 rings (SSSR count). The Bertz CT molecular complexity index is 846. The van der Waals surface area contributed by atoms with Gasteiger partial charge in [-0.15, -0.1) is 0 Å². The molecule has 0 atom stereocenters. The third kappa shape index (κ3) is 3.24. The van der Waals surface area contributed by atoms with Crippen molar-refractivity contribution in [3.8, 4) is 0 Å². The summed E-state index contributed by atoms with van der Waals surface area (Å²) in [4.78, 5) is 31.9. The van der Waals surface area contributed by atoms with Gasteiger partial charge in [0.25, 0.3) is 11.5 Å². The fourth-order valence-electron chi connectivity index (χ4n) is 3.66. The van der Waals surface area contributed by atoms with Crippen LogP contribution in [0.1, 0.15) is 39.5 Å². The van der Waals surface area contributed by atoms with Crippen molar-refractivity contribution in [3.05, 3.63) is 50.8 Å². The van der Waals surface area contributed by atoms with Gasteiger partial charge in [-0.2, -0.15) is 0 Å². The predicted octanol–water partition coefficient (Wildman–Crippen LogP) is 1.12. The summed E-state index contributed by atoms with van der Waals surface area (Å²) in [6.07, 6.45) is 2.89. The summed E-state index contributed by atoms with van der Waals surface area (Å²) in [5.41, 5.74) is 3.00. The number of amides is 1. The lowest BCUT2D eigenvalue weighted by molar-refractivity contribution is 0.0615. The molecule has 0 aromatic carbocycles. The number of carbonyl (C=O) groups is 1. The van der Waals surface area contributed by atoms with Crippen LogP contribution in [0.15, 0.2) is 21.5 Å². The van der Waals surface area contributed by atoms with Crippen LogP contribution >= 0.6 is 0 Å². The molecule has 132 valence electrons. The summed E-state index contributed by atoms with van der Waals surface area (Å²) in [6.45, 7) is 5.34. The van der Waals surface area contributed by atoms with E-state index in [4.69, 9.17) is 4.52 Å². The van der Waals surface area contributed by atoms with E-state index in [1.807, 2.05) is 13.0 Å². The van der Waals surface area contributed by atoms with E-state index < -0.39 is 0 Å². The molecule has 0 spiro atoms. The van der Waals surface area contributed by atoms with Gasteiger partial charge in [0.15, 0.2) is 5.76 Å². The summed E-state index contributed by atoms with van der Waals surface area (Å²) in [7, 11) is 0. The van der Waals surface area contributed by atoms with Crippen molar-refractivity contribution in [1.82, 2.24) is 19.9 Å². The van der Waals surface area contributed by atoms with Crippen LogP contribution in [0.25, 0.3) is 0 Å². The largest absolute Gasteiger partial charge is 0.360 e. The van der Waals surface area contributed by atoms with Gasteiger partial charge in [-0.25, -0.2) is 0 Å². The number of carbonyl (C=O) groups excluding carboxylic acids is 1. The highest BCUT2D eigenvalue weighted by atomic mass is 16.5. The van der Waals surface area contributed by atoms with E-state index in [0.717, 1.165) is 55.1 Å². The fourth-order valence-corrected chi connectivity index (χ4v) is 3.66. The van der Waals surface area contributed by atoms with Gasteiger partial charge in [0.1, 0.15) is 5.56 Å². The first kappa shape index (κ1) is 16.1. The fraction of sp³-hybridized carbons (Fsp3) is 0.500. The van der Waals surface area contributed by atoms with E-state index in [1.54, 1.807) is 11.0 Å². The Kier molecular flexibility index (Phi) is 4.17. The summed E-state index contributed by atoms with van der Waals surface area (Å²) < 4.78 is 5.25. The average Bonchev–Trinajstić information content (AvgIpc) is 3.22. The van der Waals surface area contributed by atoms with Gasteiger partial charge < -0.3 is 14.4 Å². The highest BCUT2D eigenvalue weighted by molar-refractivity contribution is 5.94. The number of piperazine rings is 1. The monoisotopic (exact) mass is 342 g/mol. The first-order valence-corrected chi connectivity index (χ1v) is 8.79. The molecule has 0 bridgehead atoms. The number of aryl methyl sites for hydroxylation is 3. The van der Waals surface area contributed by atoms with Gasteiger partial charge in [0.05, 0.1) is 12.2 Å². The lowest BCUT2D eigenvalue weighted by atomic mass is 10.1. The first-order valence-electron chi connectivity index (χ1n) is 8.79. The van der Waals surface area contributed by atoms with Crippen molar-refractivity contribution in [1.29, 1.82) is 0 Å².